The molecule has 2 rings (SSSR count). The molecule has 2 N–H and O–H groups in total. The van der Waals surface area contributed by atoms with Crippen molar-refractivity contribution in [3.05, 3.63) is 48.1 Å². The van der Waals surface area contributed by atoms with Crippen LogP contribution in [0.2, 0.25) is 0 Å². The molecule has 0 spiro atoms. The number of allylic oxidation sites excluding steroid dienone is 2. The van der Waals surface area contributed by atoms with Gasteiger partial charge in [0.1, 0.15) is 0 Å². The summed E-state index contributed by atoms with van der Waals surface area (Å²) in [4.78, 5) is 4.93. The molecule has 2 aliphatic heterocycles. The van der Waals surface area contributed by atoms with Crippen molar-refractivity contribution in [3.8, 4) is 0 Å². The van der Waals surface area contributed by atoms with Crippen molar-refractivity contribution in [2.45, 2.75) is 142 Å². The van der Waals surface area contributed by atoms with Gasteiger partial charge in [-0.1, -0.05) is 117 Å². The fourth-order valence-electron chi connectivity index (χ4n) is 5.62. The zero-order valence-electron chi connectivity index (χ0n) is 26.7. The minimum Gasteiger partial charge on any atom is -0.385 e. The first kappa shape index (κ1) is 34.4. The number of rotatable bonds is 27. The van der Waals surface area contributed by atoms with Gasteiger partial charge in [-0.2, -0.15) is 0 Å². The van der Waals surface area contributed by atoms with Crippen LogP contribution in [0.15, 0.2) is 48.1 Å². The standard InChI is InChI=1S/C36H66N4/c1-3-5-7-19-27-37-35-23-31-39(32-24-35)29-21-17-15-13-11-9-10-12-14-16-18-22-30-40-33-25-36(26-34-40)38-28-20-8-6-4-2/h23-26,31,33,37-38H,3-22,27-30,32,34H2,1-2H3. The highest BCUT2D eigenvalue weighted by Gasteiger charge is 2.05. The molecule has 2 aliphatic rings. The molecule has 0 unspecified atom stereocenters. The molecule has 0 aromatic carbocycles. The van der Waals surface area contributed by atoms with Gasteiger partial charge in [-0.15, -0.1) is 0 Å². The fraction of sp³-hybridized carbons (Fsp3) is 0.778. The molecule has 0 bridgehead atoms. The Morgan fingerprint density at radius 2 is 0.825 bits per heavy atom. The van der Waals surface area contributed by atoms with E-state index in [4.69, 9.17) is 0 Å². The summed E-state index contributed by atoms with van der Waals surface area (Å²) < 4.78 is 0. The molecule has 0 aromatic heterocycles. The van der Waals surface area contributed by atoms with Crippen LogP contribution < -0.4 is 10.6 Å². The van der Waals surface area contributed by atoms with Crippen LogP contribution in [0.3, 0.4) is 0 Å². The van der Waals surface area contributed by atoms with Gasteiger partial charge in [0.25, 0.3) is 0 Å². The van der Waals surface area contributed by atoms with Gasteiger partial charge >= 0.3 is 0 Å². The Bertz CT molecular complexity index is 648. The highest BCUT2D eigenvalue weighted by atomic mass is 15.1. The van der Waals surface area contributed by atoms with Crippen molar-refractivity contribution in [3.63, 3.8) is 0 Å². The summed E-state index contributed by atoms with van der Waals surface area (Å²) in [5, 5.41) is 7.16. The Kier molecular flexibility index (Phi) is 21.4. The van der Waals surface area contributed by atoms with Crippen molar-refractivity contribution >= 4 is 0 Å². The second kappa shape index (κ2) is 24.9. The summed E-state index contributed by atoms with van der Waals surface area (Å²) >= 11 is 0. The Balaban J connectivity index is 1.28. The van der Waals surface area contributed by atoms with Gasteiger partial charge in [0.15, 0.2) is 0 Å². The van der Waals surface area contributed by atoms with Gasteiger partial charge in [-0.05, 0) is 50.0 Å². The molecule has 0 aliphatic carbocycles. The molecule has 0 fully saturated rings. The molecule has 2 heterocycles. The third-order valence-electron chi connectivity index (χ3n) is 8.38. The van der Waals surface area contributed by atoms with E-state index in [9.17, 15) is 0 Å². The third-order valence-corrected chi connectivity index (χ3v) is 8.38. The monoisotopic (exact) mass is 555 g/mol. The van der Waals surface area contributed by atoms with Crippen molar-refractivity contribution < 1.29 is 0 Å². The minimum absolute atomic E-state index is 1.07. The number of hydrogen-bond donors (Lipinski definition) is 2. The molecular formula is C36H66N4. The van der Waals surface area contributed by atoms with Crippen molar-refractivity contribution in [2.75, 3.05) is 39.3 Å². The maximum Gasteiger partial charge on any atom is 0.0376 e. The summed E-state index contributed by atoms with van der Waals surface area (Å²) in [6.07, 6.45) is 41.3. The second-order valence-electron chi connectivity index (χ2n) is 12.2. The van der Waals surface area contributed by atoms with E-state index in [2.05, 4.69) is 71.0 Å². The van der Waals surface area contributed by atoms with Crippen LogP contribution in [0, 0.1) is 0 Å². The zero-order valence-corrected chi connectivity index (χ0v) is 26.7. The number of unbranched alkanes of at least 4 members (excludes halogenated alkanes) is 17. The first-order valence-corrected chi connectivity index (χ1v) is 17.5. The van der Waals surface area contributed by atoms with Gasteiger partial charge in [0, 0.05) is 63.1 Å². The first-order valence-electron chi connectivity index (χ1n) is 17.5. The van der Waals surface area contributed by atoms with Gasteiger partial charge in [0.2, 0.25) is 0 Å². The molecule has 4 heteroatoms. The zero-order chi connectivity index (χ0) is 28.4. The summed E-state index contributed by atoms with van der Waals surface area (Å²) in [5.41, 5.74) is 2.63. The summed E-state index contributed by atoms with van der Waals surface area (Å²) in [6, 6.07) is 0. The van der Waals surface area contributed by atoms with Crippen LogP contribution in [0.4, 0.5) is 0 Å². The average Bonchev–Trinajstić information content (AvgIpc) is 2.98. The predicted molar refractivity (Wildman–Crippen MR) is 177 cm³/mol. The lowest BCUT2D eigenvalue weighted by molar-refractivity contribution is 0.387. The van der Waals surface area contributed by atoms with E-state index >= 15 is 0 Å². The van der Waals surface area contributed by atoms with Crippen LogP contribution in [0.5, 0.6) is 0 Å². The van der Waals surface area contributed by atoms with Gasteiger partial charge in [0.05, 0.1) is 0 Å². The Morgan fingerprint density at radius 1 is 0.475 bits per heavy atom. The molecule has 0 saturated carbocycles. The highest BCUT2D eigenvalue weighted by molar-refractivity contribution is 5.21. The molecule has 0 saturated heterocycles. The Morgan fingerprint density at radius 3 is 1.15 bits per heavy atom. The minimum atomic E-state index is 1.07. The normalized spacial score (nSPS) is 14.9. The lowest BCUT2D eigenvalue weighted by Gasteiger charge is -2.23. The van der Waals surface area contributed by atoms with E-state index in [0.29, 0.717) is 0 Å². The van der Waals surface area contributed by atoms with E-state index < -0.39 is 0 Å². The maximum absolute atomic E-state index is 3.58. The second-order valence-corrected chi connectivity index (χ2v) is 12.2. The Labute approximate surface area is 249 Å². The Hall–Kier alpha value is -1.84. The van der Waals surface area contributed by atoms with Crippen LogP contribution in [0.1, 0.15) is 142 Å². The molecule has 4 nitrogen and oxygen atoms in total. The summed E-state index contributed by atoms with van der Waals surface area (Å²) in [7, 11) is 0. The van der Waals surface area contributed by atoms with Crippen molar-refractivity contribution in [1.29, 1.82) is 0 Å². The largest absolute Gasteiger partial charge is 0.385 e. The molecule has 0 radical (unpaired) electrons. The highest BCUT2D eigenvalue weighted by Crippen LogP contribution is 2.14. The molecule has 0 amide bonds. The van der Waals surface area contributed by atoms with Gasteiger partial charge in [-0.25, -0.2) is 0 Å². The third kappa shape index (κ3) is 18.5. The van der Waals surface area contributed by atoms with E-state index in [0.717, 1.165) is 26.2 Å². The summed E-state index contributed by atoms with van der Waals surface area (Å²) in [6.45, 7) is 11.3. The van der Waals surface area contributed by atoms with Crippen molar-refractivity contribution in [2.24, 2.45) is 0 Å². The smallest absolute Gasteiger partial charge is 0.0376 e. The summed E-state index contributed by atoms with van der Waals surface area (Å²) in [5.74, 6) is 0. The number of nitrogens with one attached hydrogen (secondary N) is 2. The van der Waals surface area contributed by atoms with Crippen LogP contribution >= 0.6 is 0 Å². The van der Waals surface area contributed by atoms with E-state index in [1.807, 2.05) is 0 Å². The SMILES string of the molecule is CCCCCCNC1=CCN(CCCCCCCCCCCCCCN2C=CC(NCCCCCC)=CC2)C=C1. The molecule has 0 atom stereocenters. The van der Waals surface area contributed by atoms with Gasteiger partial charge in [-0.3, -0.25) is 0 Å². The number of hydrogen-bond acceptors (Lipinski definition) is 4. The van der Waals surface area contributed by atoms with Crippen molar-refractivity contribution in [1.82, 2.24) is 20.4 Å². The molecule has 230 valence electrons. The van der Waals surface area contributed by atoms with Crippen LogP contribution in [-0.4, -0.2) is 49.1 Å². The molecular weight excluding hydrogens is 488 g/mol. The predicted octanol–water partition coefficient (Wildman–Crippen LogP) is 9.43. The fourth-order valence-corrected chi connectivity index (χ4v) is 5.62. The lowest BCUT2D eigenvalue weighted by Crippen LogP contribution is -2.24. The number of nitrogens with zero attached hydrogens (tertiary/aromatic N) is 2. The van der Waals surface area contributed by atoms with E-state index in [-0.39, 0.29) is 0 Å². The van der Waals surface area contributed by atoms with E-state index in [1.54, 1.807) is 0 Å². The average molecular weight is 555 g/mol. The topological polar surface area (TPSA) is 30.5 Å². The quantitative estimate of drug-likeness (QED) is 0.0990. The maximum atomic E-state index is 3.58. The van der Waals surface area contributed by atoms with Gasteiger partial charge < -0.3 is 20.4 Å². The lowest BCUT2D eigenvalue weighted by atomic mass is 10.0. The molecule has 40 heavy (non-hydrogen) atoms. The van der Waals surface area contributed by atoms with Crippen LogP contribution in [0.25, 0.3) is 0 Å². The first-order chi connectivity index (χ1) is 19.8. The van der Waals surface area contributed by atoms with E-state index in [1.165, 1.54) is 153 Å². The molecule has 0 aromatic rings. The van der Waals surface area contributed by atoms with Crippen LogP contribution in [-0.2, 0) is 0 Å².